The summed E-state index contributed by atoms with van der Waals surface area (Å²) in [6, 6.07) is 6.12. The molecule has 1 aromatic carbocycles. The normalized spacial score (nSPS) is 10.6. The molecule has 0 aliphatic carbocycles. The van der Waals surface area contributed by atoms with E-state index >= 15 is 0 Å². The van der Waals surface area contributed by atoms with Crippen LogP contribution in [0.3, 0.4) is 0 Å². The van der Waals surface area contributed by atoms with Crippen molar-refractivity contribution in [3.05, 3.63) is 49.7 Å². The summed E-state index contributed by atoms with van der Waals surface area (Å²) in [5, 5.41) is 3.50. The molecule has 0 fully saturated rings. The smallest absolute Gasteiger partial charge is 0.164 e. The lowest BCUT2D eigenvalue weighted by Crippen LogP contribution is -2.00. The highest BCUT2D eigenvalue weighted by Gasteiger charge is 2.09. The van der Waals surface area contributed by atoms with Gasteiger partial charge in [-0.1, -0.05) is 23.2 Å². The predicted molar refractivity (Wildman–Crippen MR) is 75.2 cm³/mol. The van der Waals surface area contributed by atoms with Crippen LogP contribution in [0.2, 0.25) is 10.0 Å². The van der Waals surface area contributed by atoms with Crippen LogP contribution < -0.4 is 5.32 Å². The molecule has 0 saturated carbocycles. The topological polar surface area (TPSA) is 25.2 Å². The maximum absolute atomic E-state index is 13.0. The second kappa shape index (κ2) is 5.46. The first-order chi connectivity index (χ1) is 8.06. The molecule has 2 rings (SSSR count). The van der Waals surface area contributed by atoms with E-state index in [2.05, 4.69) is 27.9 Å². The lowest BCUT2D eigenvalue weighted by atomic mass is 10.3. The highest BCUT2D eigenvalue weighted by Crippen LogP contribution is 2.31. The molecule has 0 radical (unpaired) electrons. The van der Waals surface area contributed by atoms with Crippen molar-refractivity contribution in [2.24, 2.45) is 0 Å². The Bertz CT molecular complexity index is 521. The van der Waals surface area contributed by atoms with Crippen molar-refractivity contribution in [1.82, 2.24) is 0 Å². The average Bonchev–Trinajstić information content (AvgIpc) is 2.62. The maximum Gasteiger partial charge on any atom is 0.164 e. The zero-order valence-electron chi connectivity index (χ0n) is 8.44. The quantitative estimate of drug-likeness (QED) is 0.757. The Labute approximate surface area is 121 Å². The number of hydrogen-bond acceptors (Lipinski definition) is 2. The number of anilines is 1. The summed E-state index contributed by atoms with van der Waals surface area (Å²) < 4.78 is 19.1. The highest BCUT2D eigenvalue weighted by molar-refractivity contribution is 14.1. The predicted octanol–water partition coefficient (Wildman–Crippen LogP) is 4.94. The van der Waals surface area contributed by atoms with E-state index < -0.39 is 5.82 Å². The van der Waals surface area contributed by atoms with Gasteiger partial charge in [0.25, 0.3) is 0 Å². The minimum Gasteiger partial charge on any atom is -0.454 e. The van der Waals surface area contributed by atoms with Crippen LogP contribution in [0.15, 0.2) is 28.7 Å². The van der Waals surface area contributed by atoms with E-state index in [0.717, 1.165) is 9.53 Å². The van der Waals surface area contributed by atoms with Gasteiger partial charge in [-0.05, 0) is 46.9 Å². The molecule has 6 heteroatoms. The first-order valence-electron chi connectivity index (χ1n) is 4.69. The van der Waals surface area contributed by atoms with E-state index in [4.69, 9.17) is 27.6 Å². The fraction of sp³-hybridized carbons (Fsp3) is 0.0909. The van der Waals surface area contributed by atoms with E-state index in [1.165, 1.54) is 12.1 Å². The molecule has 17 heavy (non-hydrogen) atoms. The Morgan fingerprint density at radius 1 is 1.24 bits per heavy atom. The molecular weight excluding hydrogens is 379 g/mol. The summed E-state index contributed by atoms with van der Waals surface area (Å²) >= 11 is 13.9. The minimum atomic E-state index is -0.460. The van der Waals surface area contributed by atoms with Crippen molar-refractivity contribution in [1.29, 1.82) is 0 Å². The van der Waals surface area contributed by atoms with Crippen molar-refractivity contribution in [2.75, 3.05) is 5.32 Å². The van der Waals surface area contributed by atoms with Crippen LogP contribution >= 0.6 is 45.8 Å². The molecule has 2 nitrogen and oxygen atoms in total. The van der Waals surface area contributed by atoms with Gasteiger partial charge in [-0.3, -0.25) is 0 Å². The molecule has 90 valence electrons. The zero-order valence-corrected chi connectivity index (χ0v) is 12.1. The lowest BCUT2D eigenvalue weighted by molar-refractivity contribution is 0.493. The molecule has 0 aliphatic rings. The average molecular weight is 386 g/mol. The second-order valence-electron chi connectivity index (χ2n) is 3.30. The number of hydrogen-bond donors (Lipinski definition) is 1. The summed E-state index contributed by atoms with van der Waals surface area (Å²) in [5.41, 5.74) is 0.501. The SMILES string of the molecule is Fc1cc(Cl)c(NCc2ccc(I)o2)c(Cl)c1. The molecule has 1 aromatic heterocycles. The van der Waals surface area contributed by atoms with Gasteiger partial charge in [0.15, 0.2) is 3.77 Å². The van der Waals surface area contributed by atoms with Crippen molar-refractivity contribution in [3.63, 3.8) is 0 Å². The standard InChI is InChI=1S/C11H7Cl2FINO/c12-8-3-6(14)4-9(13)11(8)16-5-7-1-2-10(15)17-7/h1-4,16H,5H2. The number of halogens is 4. The van der Waals surface area contributed by atoms with E-state index in [1.807, 2.05) is 12.1 Å². The van der Waals surface area contributed by atoms with Gasteiger partial charge in [-0.25, -0.2) is 4.39 Å². The van der Waals surface area contributed by atoms with E-state index in [0.29, 0.717) is 12.2 Å². The van der Waals surface area contributed by atoms with Crippen LogP contribution in [0.1, 0.15) is 5.76 Å². The third kappa shape index (κ3) is 3.26. The highest BCUT2D eigenvalue weighted by atomic mass is 127. The van der Waals surface area contributed by atoms with Gasteiger partial charge in [-0.2, -0.15) is 0 Å². The van der Waals surface area contributed by atoms with E-state index in [9.17, 15) is 4.39 Å². The first-order valence-corrected chi connectivity index (χ1v) is 6.52. The molecule has 0 saturated heterocycles. The molecule has 0 spiro atoms. The van der Waals surface area contributed by atoms with Gasteiger partial charge in [0.2, 0.25) is 0 Å². The van der Waals surface area contributed by atoms with Gasteiger partial charge >= 0.3 is 0 Å². The van der Waals surface area contributed by atoms with Gasteiger partial charge in [-0.15, -0.1) is 0 Å². The fourth-order valence-corrected chi connectivity index (χ4v) is 2.39. The summed E-state index contributed by atoms with van der Waals surface area (Å²) in [7, 11) is 0. The Morgan fingerprint density at radius 2 is 1.88 bits per heavy atom. The Kier molecular flexibility index (Phi) is 4.17. The monoisotopic (exact) mass is 385 g/mol. The molecule has 1 N–H and O–H groups in total. The zero-order chi connectivity index (χ0) is 12.4. The van der Waals surface area contributed by atoms with Crippen molar-refractivity contribution in [3.8, 4) is 0 Å². The summed E-state index contributed by atoms with van der Waals surface area (Å²) in [6.45, 7) is 0.439. The molecule has 0 unspecified atom stereocenters. The molecule has 0 bridgehead atoms. The third-order valence-electron chi connectivity index (χ3n) is 2.08. The van der Waals surface area contributed by atoms with Crippen LogP contribution in [0.4, 0.5) is 10.1 Å². The van der Waals surface area contributed by atoms with Crippen molar-refractivity contribution < 1.29 is 8.81 Å². The number of nitrogens with one attached hydrogen (secondary N) is 1. The molecule has 2 aromatic rings. The fourth-order valence-electron chi connectivity index (χ4n) is 1.33. The van der Waals surface area contributed by atoms with Crippen molar-refractivity contribution in [2.45, 2.75) is 6.54 Å². The Hall–Kier alpha value is -0.460. The number of rotatable bonds is 3. The molecule has 0 amide bonds. The van der Waals surface area contributed by atoms with E-state index in [-0.39, 0.29) is 10.0 Å². The van der Waals surface area contributed by atoms with Crippen LogP contribution in [0, 0.1) is 9.58 Å². The van der Waals surface area contributed by atoms with Crippen molar-refractivity contribution >= 4 is 51.5 Å². The van der Waals surface area contributed by atoms with Gasteiger partial charge in [0, 0.05) is 0 Å². The molecular formula is C11H7Cl2FINO. The molecule has 0 aliphatic heterocycles. The van der Waals surface area contributed by atoms with E-state index in [1.54, 1.807) is 0 Å². The Morgan fingerprint density at radius 3 is 2.41 bits per heavy atom. The number of furan rings is 1. The summed E-state index contributed by atoms with van der Waals surface area (Å²) in [6.07, 6.45) is 0. The lowest BCUT2D eigenvalue weighted by Gasteiger charge is -2.09. The third-order valence-corrected chi connectivity index (χ3v) is 3.25. The first kappa shape index (κ1) is 13.0. The Balaban J connectivity index is 2.14. The van der Waals surface area contributed by atoms with Gasteiger partial charge in [0.05, 0.1) is 22.3 Å². The van der Waals surface area contributed by atoms with Crippen LogP contribution in [0.25, 0.3) is 0 Å². The largest absolute Gasteiger partial charge is 0.454 e. The second-order valence-corrected chi connectivity index (χ2v) is 5.18. The van der Waals surface area contributed by atoms with Crippen LogP contribution in [-0.4, -0.2) is 0 Å². The summed E-state index contributed by atoms with van der Waals surface area (Å²) in [5.74, 6) is 0.295. The molecule has 1 heterocycles. The van der Waals surface area contributed by atoms with Crippen LogP contribution in [-0.2, 0) is 6.54 Å². The summed E-state index contributed by atoms with van der Waals surface area (Å²) in [4.78, 5) is 0. The van der Waals surface area contributed by atoms with Gasteiger partial charge < -0.3 is 9.73 Å². The van der Waals surface area contributed by atoms with Gasteiger partial charge in [0.1, 0.15) is 11.6 Å². The maximum atomic E-state index is 13.0. The number of benzene rings is 1. The minimum absolute atomic E-state index is 0.247. The molecule has 0 atom stereocenters. The van der Waals surface area contributed by atoms with Crippen LogP contribution in [0.5, 0.6) is 0 Å².